The van der Waals surface area contributed by atoms with Crippen molar-refractivity contribution in [1.82, 2.24) is 20.2 Å². The van der Waals surface area contributed by atoms with E-state index in [1.807, 2.05) is 0 Å². The van der Waals surface area contributed by atoms with E-state index in [9.17, 15) is 13.2 Å². The molecule has 0 amide bonds. The fourth-order valence-electron chi connectivity index (χ4n) is 1.93. The van der Waals surface area contributed by atoms with E-state index in [0.29, 0.717) is 5.56 Å². The van der Waals surface area contributed by atoms with Crippen LogP contribution in [-0.4, -0.2) is 20.2 Å². The zero-order chi connectivity index (χ0) is 15.0. The molecule has 0 radical (unpaired) electrons. The molecule has 0 unspecified atom stereocenters. The molecule has 0 aliphatic rings. The predicted molar refractivity (Wildman–Crippen MR) is 68.9 cm³/mol. The summed E-state index contributed by atoms with van der Waals surface area (Å²) >= 11 is 0. The van der Waals surface area contributed by atoms with E-state index in [2.05, 4.69) is 15.5 Å². The zero-order valence-electron chi connectivity index (χ0n) is 10.5. The van der Waals surface area contributed by atoms with Gasteiger partial charge in [-0.15, -0.1) is 5.10 Å². The number of nitrogens with two attached hydrogens (primary N) is 1. The van der Waals surface area contributed by atoms with Gasteiger partial charge in [-0.05, 0) is 40.8 Å². The summed E-state index contributed by atoms with van der Waals surface area (Å²) in [6, 6.07) is 6.57. The zero-order valence-corrected chi connectivity index (χ0v) is 10.5. The molecule has 5 nitrogen and oxygen atoms in total. The number of hydrogen-bond acceptors (Lipinski definition) is 4. The summed E-state index contributed by atoms with van der Waals surface area (Å²) in [7, 11) is 0. The molecule has 8 heteroatoms. The van der Waals surface area contributed by atoms with Gasteiger partial charge in [0.05, 0.1) is 5.69 Å². The topological polar surface area (TPSA) is 69.6 Å². The van der Waals surface area contributed by atoms with Crippen molar-refractivity contribution in [2.45, 2.75) is 0 Å². The minimum atomic E-state index is -0.765. The molecule has 2 aromatic carbocycles. The lowest BCUT2D eigenvalue weighted by Gasteiger charge is -2.07. The van der Waals surface area contributed by atoms with Gasteiger partial charge in [0.15, 0.2) is 5.82 Å². The lowest BCUT2D eigenvalue weighted by molar-refractivity contribution is 0.579. The van der Waals surface area contributed by atoms with Crippen LogP contribution in [0.2, 0.25) is 0 Å². The van der Waals surface area contributed by atoms with Crippen LogP contribution in [0.4, 0.5) is 18.9 Å². The summed E-state index contributed by atoms with van der Waals surface area (Å²) in [6.07, 6.45) is 0. The molecule has 0 aliphatic heterocycles. The molecule has 0 saturated heterocycles. The largest absolute Gasteiger partial charge is 0.398 e. The third-order valence-electron chi connectivity index (χ3n) is 2.82. The van der Waals surface area contributed by atoms with Gasteiger partial charge in [-0.2, -0.15) is 4.68 Å². The Kier molecular flexibility index (Phi) is 3.05. The van der Waals surface area contributed by atoms with E-state index >= 15 is 0 Å². The van der Waals surface area contributed by atoms with E-state index in [4.69, 9.17) is 5.73 Å². The van der Waals surface area contributed by atoms with E-state index in [0.717, 1.165) is 28.9 Å². The first-order chi connectivity index (χ1) is 10.0. The fraction of sp³-hybridized carbons (Fsp3) is 0. The van der Waals surface area contributed by atoms with Crippen molar-refractivity contribution in [2.24, 2.45) is 0 Å². The molecule has 0 bridgehead atoms. The van der Waals surface area contributed by atoms with Crippen LogP contribution in [0.1, 0.15) is 0 Å². The van der Waals surface area contributed by atoms with Crippen molar-refractivity contribution in [1.29, 1.82) is 0 Å². The number of tetrazole rings is 1. The molecule has 1 heterocycles. The Labute approximate surface area is 116 Å². The highest BCUT2D eigenvalue weighted by atomic mass is 19.1. The molecule has 0 saturated carbocycles. The molecular formula is C13H8F3N5. The highest BCUT2D eigenvalue weighted by Gasteiger charge is 2.15. The van der Waals surface area contributed by atoms with E-state index in [1.165, 1.54) is 12.1 Å². The normalized spacial score (nSPS) is 10.8. The Hall–Kier alpha value is -2.90. The second-order valence-electron chi connectivity index (χ2n) is 4.27. The number of halogens is 3. The molecule has 0 aliphatic carbocycles. The molecule has 106 valence electrons. The number of rotatable bonds is 2. The Morgan fingerprint density at radius 2 is 1.62 bits per heavy atom. The van der Waals surface area contributed by atoms with Crippen molar-refractivity contribution in [3.8, 4) is 17.1 Å². The summed E-state index contributed by atoms with van der Waals surface area (Å²) in [6.45, 7) is 0. The van der Waals surface area contributed by atoms with Gasteiger partial charge >= 0.3 is 0 Å². The van der Waals surface area contributed by atoms with Gasteiger partial charge in [0, 0.05) is 17.3 Å². The predicted octanol–water partition coefficient (Wildman–Crippen LogP) is 2.33. The van der Waals surface area contributed by atoms with Crippen LogP contribution in [0.15, 0.2) is 36.4 Å². The molecule has 3 aromatic rings. The third kappa shape index (κ3) is 2.42. The maximum Gasteiger partial charge on any atom is 0.189 e. The minimum absolute atomic E-state index is 0.0937. The molecular weight excluding hydrogens is 283 g/mol. The number of aromatic nitrogens is 4. The monoisotopic (exact) mass is 291 g/mol. The smallest absolute Gasteiger partial charge is 0.189 e. The Balaban J connectivity index is 2.17. The Bertz CT molecular complexity index is 795. The number of anilines is 1. The first-order valence-corrected chi connectivity index (χ1v) is 5.85. The van der Waals surface area contributed by atoms with Gasteiger partial charge in [0.1, 0.15) is 17.5 Å². The highest BCUT2D eigenvalue weighted by molar-refractivity contribution is 5.72. The maximum atomic E-state index is 13.3. The molecule has 3 rings (SSSR count). The number of benzene rings is 2. The van der Waals surface area contributed by atoms with Gasteiger partial charge in [-0.25, -0.2) is 13.2 Å². The first kappa shape index (κ1) is 13.1. The molecule has 0 atom stereocenters. The molecule has 0 fully saturated rings. The van der Waals surface area contributed by atoms with Crippen LogP contribution >= 0.6 is 0 Å². The van der Waals surface area contributed by atoms with E-state index in [1.54, 1.807) is 0 Å². The van der Waals surface area contributed by atoms with Crippen molar-refractivity contribution in [3.05, 3.63) is 53.8 Å². The molecule has 1 aromatic heterocycles. The number of hydrogen-bond donors (Lipinski definition) is 1. The summed E-state index contributed by atoms with van der Waals surface area (Å²) < 4.78 is 40.8. The van der Waals surface area contributed by atoms with Crippen LogP contribution in [0, 0.1) is 17.5 Å². The molecule has 21 heavy (non-hydrogen) atoms. The van der Waals surface area contributed by atoms with Crippen molar-refractivity contribution in [2.75, 3.05) is 5.73 Å². The quantitative estimate of drug-likeness (QED) is 0.736. The average molecular weight is 291 g/mol. The summed E-state index contributed by atoms with van der Waals surface area (Å²) in [4.78, 5) is 0. The second kappa shape index (κ2) is 4.89. The summed E-state index contributed by atoms with van der Waals surface area (Å²) in [5, 5.41) is 10.9. The highest BCUT2D eigenvalue weighted by Crippen LogP contribution is 2.26. The van der Waals surface area contributed by atoms with Crippen LogP contribution in [0.5, 0.6) is 0 Å². The minimum Gasteiger partial charge on any atom is -0.398 e. The van der Waals surface area contributed by atoms with Gasteiger partial charge in [0.2, 0.25) is 0 Å². The number of nitrogens with zero attached hydrogens (tertiary/aromatic N) is 4. The van der Waals surface area contributed by atoms with Gasteiger partial charge in [-0.1, -0.05) is 0 Å². The lowest BCUT2D eigenvalue weighted by atomic mass is 10.1. The maximum absolute atomic E-state index is 13.3. The van der Waals surface area contributed by atoms with Gasteiger partial charge in [-0.3, -0.25) is 0 Å². The van der Waals surface area contributed by atoms with Crippen molar-refractivity contribution >= 4 is 5.69 Å². The fourth-order valence-corrected chi connectivity index (χ4v) is 1.93. The van der Waals surface area contributed by atoms with Crippen LogP contribution in [0.25, 0.3) is 17.1 Å². The van der Waals surface area contributed by atoms with Crippen molar-refractivity contribution < 1.29 is 13.2 Å². The second-order valence-corrected chi connectivity index (χ2v) is 4.27. The molecule has 2 N–H and O–H groups in total. The van der Waals surface area contributed by atoms with E-state index in [-0.39, 0.29) is 17.2 Å². The van der Waals surface area contributed by atoms with Gasteiger partial charge < -0.3 is 5.73 Å². The Morgan fingerprint density at radius 3 is 2.29 bits per heavy atom. The first-order valence-electron chi connectivity index (χ1n) is 5.85. The van der Waals surface area contributed by atoms with Crippen LogP contribution in [0.3, 0.4) is 0 Å². The summed E-state index contributed by atoms with van der Waals surface area (Å²) in [5.41, 5.74) is 6.28. The van der Waals surface area contributed by atoms with Crippen molar-refractivity contribution in [3.63, 3.8) is 0 Å². The van der Waals surface area contributed by atoms with E-state index < -0.39 is 17.5 Å². The molecule has 0 spiro atoms. The van der Waals surface area contributed by atoms with Crippen LogP contribution < -0.4 is 5.73 Å². The standard InChI is InChI=1S/C13H8F3N5/c14-7-1-2-11(12(17)6-7)13-18-19-20-21(13)10-4-8(15)3-9(16)5-10/h1-6H,17H2. The number of nitrogen functional groups attached to an aromatic ring is 1. The lowest BCUT2D eigenvalue weighted by Crippen LogP contribution is -2.03. The third-order valence-corrected chi connectivity index (χ3v) is 2.82. The SMILES string of the molecule is Nc1cc(F)ccc1-c1nnnn1-c1cc(F)cc(F)c1. The van der Waals surface area contributed by atoms with Crippen LogP contribution in [-0.2, 0) is 0 Å². The average Bonchev–Trinajstić information content (AvgIpc) is 2.86. The Morgan fingerprint density at radius 1 is 0.905 bits per heavy atom. The van der Waals surface area contributed by atoms with Gasteiger partial charge in [0.25, 0.3) is 0 Å². The summed E-state index contributed by atoms with van der Waals surface area (Å²) in [5.74, 6) is -1.89.